The molecule has 21 heavy (non-hydrogen) atoms. The lowest BCUT2D eigenvalue weighted by Crippen LogP contribution is -2.37. The predicted molar refractivity (Wildman–Crippen MR) is 85.4 cm³/mol. The second-order valence-corrected chi connectivity index (χ2v) is 6.12. The van der Waals surface area contributed by atoms with Crippen LogP contribution in [0.3, 0.4) is 0 Å². The lowest BCUT2D eigenvalue weighted by Gasteiger charge is -2.15. The van der Waals surface area contributed by atoms with Crippen LogP contribution in [0.25, 0.3) is 0 Å². The van der Waals surface area contributed by atoms with Gasteiger partial charge >= 0.3 is 0 Å². The SMILES string of the molecule is CC(Oc1ccc(Cl)cc1Cl)C(=O)NCCc1nccs1. The van der Waals surface area contributed by atoms with Crippen LogP contribution in [-0.2, 0) is 11.2 Å². The average Bonchev–Trinajstić information content (AvgIpc) is 2.95. The Labute approximate surface area is 137 Å². The van der Waals surface area contributed by atoms with E-state index in [1.165, 1.54) is 0 Å². The normalized spacial score (nSPS) is 12.0. The van der Waals surface area contributed by atoms with E-state index < -0.39 is 6.10 Å². The fraction of sp³-hybridized carbons (Fsp3) is 0.286. The molecule has 1 aromatic carbocycles. The van der Waals surface area contributed by atoms with E-state index in [0.29, 0.717) is 28.8 Å². The van der Waals surface area contributed by atoms with Crippen molar-refractivity contribution in [2.75, 3.05) is 6.54 Å². The minimum atomic E-state index is -0.639. The van der Waals surface area contributed by atoms with E-state index in [-0.39, 0.29) is 5.91 Å². The molecule has 2 rings (SSSR count). The Kier molecular flexibility index (Phi) is 5.85. The van der Waals surface area contributed by atoms with E-state index >= 15 is 0 Å². The molecule has 7 heteroatoms. The van der Waals surface area contributed by atoms with Gasteiger partial charge in [-0.25, -0.2) is 4.98 Å². The maximum absolute atomic E-state index is 11.9. The Morgan fingerprint density at radius 2 is 2.29 bits per heavy atom. The first-order valence-electron chi connectivity index (χ1n) is 6.34. The summed E-state index contributed by atoms with van der Waals surface area (Å²) in [5.41, 5.74) is 0. The number of rotatable bonds is 6. The molecule has 2 aromatic rings. The molecule has 1 atom stereocenters. The lowest BCUT2D eigenvalue weighted by atomic mass is 10.3. The molecular weight excluding hydrogens is 331 g/mol. The van der Waals surface area contributed by atoms with Gasteiger partial charge in [-0.3, -0.25) is 4.79 Å². The topological polar surface area (TPSA) is 51.2 Å². The average molecular weight is 345 g/mol. The largest absolute Gasteiger partial charge is 0.479 e. The highest BCUT2D eigenvalue weighted by molar-refractivity contribution is 7.09. The van der Waals surface area contributed by atoms with Gasteiger partial charge in [0.25, 0.3) is 5.91 Å². The highest BCUT2D eigenvalue weighted by Gasteiger charge is 2.15. The van der Waals surface area contributed by atoms with Crippen LogP contribution in [0.15, 0.2) is 29.8 Å². The number of thiazole rings is 1. The van der Waals surface area contributed by atoms with Gasteiger partial charge in [-0.1, -0.05) is 23.2 Å². The number of carbonyl (C=O) groups excluding carboxylic acids is 1. The quantitative estimate of drug-likeness (QED) is 0.871. The number of hydrogen-bond acceptors (Lipinski definition) is 4. The summed E-state index contributed by atoms with van der Waals surface area (Å²) in [5, 5.41) is 6.60. The number of nitrogens with one attached hydrogen (secondary N) is 1. The third-order valence-corrected chi connectivity index (χ3v) is 4.06. The van der Waals surface area contributed by atoms with E-state index in [4.69, 9.17) is 27.9 Å². The molecule has 1 amide bonds. The van der Waals surface area contributed by atoms with Crippen LogP contribution in [0.5, 0.6) is 5.75 Å². The summed E-state index contributed by atoms with van der Waals surface area (Å²) in [6.45, 7) is 2.19. The first-order valence-corrected chi connectivity index (χ1v) is 7.97. The molecule has 0 saturated carbocycles. The van der Waals surface area contributed by atoms with Crippen LogP contribution < -0.4 is 10.1 Å². The summed E-state index contributed by atoms with van der Waals surface area (Å²) in [5.74, 6) is 0.237. The minimum Gasteiger partial charge on any atom is -0.479 e. The molecule has 0 aliphatic heterocycles. The second-order valence-electron chi connectivity index (χ2n) is 4.30. The fourth-order valence-electron chi connectivity index (χ4n) is 1.63. The van der Waals surface area contributed by atoms with Gasteiger partial charge in [0.2, 0.25) is 0 Å². The zero-order valence-electron chi connectivity index (χ0n) is 11.3. The van der Waals surface area contributed by atoms with Gasteiger partial charge in [0.1, 0.15) is 5.75 Å². The molecule has 1 heterocycles. The summed E-state index contributed by atoms with van der Waals surface area (Å²) < 4.78 is 5.53. The smallest absolute Gasteiger partial charge is 0.260 e. The maximum Gasteiger partial charge on any atom is 0.260 e. The highest BCUT2D eigenvalue weighted by atomic mass is 35.5. The fourth-order valence-corrected chi connectivity index (χ4v) is 2.70. The monoisotopic (exact) mass is 344 g/mol. The van der Waals surface area contributed by atoms with E-state index in [9.17, 15) is 4.79 Å². The predicted octanol–water partition coefficient (Wildman–Crippen LogP) is 3.58. The molecule has 0 radical (unpaired) electrons. The number of benzene rings is 1. The van der Waals surface area contributed by atoms with Crippen molar-refractivity contribution in [2.45, 2.75) is 19.4 Å². The molecule has 0 bridgehead atoms. The summed E-state index contributed by atoms with van der Waals surface area (Å²) in [7, 11) is 0. The number of halogens is 2. The van der Waals surface area contributed by atoms with Crippen molar-refractivity contribution in [3.05, 3.63) is 44.8 Å². The molecule has 1 aromatic heterocycles. The van der Waals surface area contributed by atoms with Crippen LogP contribution in [-0.4, -0.2) is 23.5 Å². The number of carbonyl (C=O) groups is 1. The van der Waals surface area contributed by atoms with Crippen molar-refractivity contribution in [1.29, 1.82) is 0 Å². The number of ether oxygens (including phenoxy) is 1. The molecule has 0 fully saturated rings. The summed E-state index contributed by atoms with van der Waals surface area (Å²) in [4.78, 5) is 16.1. The molecule has 0 saturated heterocycles. The van der Waals surface area contributed by atoms with Crippen LogP contribution in [0.4, 0.5) is 0 Å². The third kappa shape index (κ3) is 4.88. The zero-order chi connectivity index (χ0) is 15.2. The Bertz CT molecular complexity index is 605. The zero-order valence-corrected chi connectivity index (χ0v) is 13.6. The number of hydrogen-bond donors (Lipinski definition) is 1. The van der Waals surface area contributed by atoms with Crippen molar-refractivity contribution in [2.24, 2.45) is 0 Å². The van der Waals surface area contributed by atoms with Crippen molar-refractivity contribution in [1.82, 2.24) is 10.3 Å². The number of nitrogens with zero attached hydrogens (tertiary/aromatic N) is 1. The van der Waals surface area contributed by atoms with Crippen molar-refractivity contribution < 1.29 is 9.53 Å². The van der Waals surface area contributed by atoms with Crippen LogP contribution in [0.2, 0.25) is 10.0 Å². The molecular formula is C14H14Cl2N2O2S. The van der Waals surface area contributed by atoms with E-state index in [1.807, 2.05) is 5.38 Å². The van der Waals surface area contributed by atoms with Gasteiger partial charge in [-0.05, 0) is 25.1 Å². The van der Waals surface area contributed by atoms with Gasteiger partial charge in [-0.15, -0.1) is 11.3 Å². The van der Waals surface area contributed by atoms with Crippen LogP contribution in [0.1, 0.15) is 11.9 Å². The Hall–Kier alpha value is -1.30. The molecule has 1 unspecified atom stereocenters. The van der Waals surface area contributed by atoms with Crippen molar-refractivity contribution in [3.8, 4) is 5.75 Å². The van der Waals surface area contributed by atoms with Gasteiger partial charge < -0.3 is 10.1 Å². The second kappa shape index (κ2) is 7.64. The van der Waals surface area contributed by atoms with Crippen LogP contribution in [0, 0.1) is 0 Å². The van der Waals surface area contributed by atoms with Crippen molar-refractivity contribution in [3.63, 3.8) is 0 Å². The molecule has 0 aliphatic carbocycles. The van der Waals surface area contributed by atoms with E-state index in [2.05, 4.69) is 10.3 Å². The number of amides is 1. The van der Waals surface area contributed by atoms with Gasteiger partial charge in [0.05, 0.1) is 10.0 Å². The summed E-state index contributed by atoms with van der Waals surface area (Å²) in [6, 6.07) is 4.88. The minimum absolute atomic E-state index is 0.197. The molecule has 4 nitrogen and oxygen atoms in total. The van der Waals surface area contributed by atoms with Gasteiger partial charge in [0.15, 0.2) is 6.10 Å². The van der Waals surface area contributed by atoms with Crippen molar-refractivity contribution >= 4 is 40.4 Å². The highest BCUT2D eigenvalue weighted by Crippen LogP contribution is 2.28. The first kappa shape index (κ1) is 16.1. The van der Waals surface area contributed by atoms with E-state index in [0.717, 1.165) is 5.01 Å². The van der Waals surface area contributed by atoms with E-state index in [1.54, 1.807) is 42.7 Å². The maximum atomic E-state index is 11.9. The van der Waals surface area contributed by atoms with Crippen LogP contribution >= 0.6 is 34.5 Å². The first-order chi connectivity index (χ1) is 10.1. The Morgan fingerprint density at radius 3 is 2.95 bits per heavy atom. The molecule has 0 aliphatic rings. The summed E-state index contributed by atoms with van der Waals surface area (Å²) >= 11 is 13.4. The molecule has 1 N–H and O–H groups in total. The molecule has 0 spiro atoms. The van der Waals surface area contributed by atoms with Gasteiger partial charge in [-0.2, -0.15) is 0 Å². The lowest BCUT2D eigenvalue weighted by molar-refractivity contribution is -0.127. The Morgan fingerprint density at radius 1 is 1.48 bits per heavy atom. The number of aromatic nitrogens is 1. The Balaban J connectivity index is 1.81. The standard InChI is InChI=1S/C14H14Cl2N2O2S/c1-9(20-12-3-2-10(15)8-11(12)16)14(19)18-5-4-13-17-6-7-21-13/h2-3,6-9H,4-5H2,1H3,(H,18,19). The summed E-state index contributed by atoms with van der Waals surface area (Å²) in [6.07, 6.45) is 1.81. The van der Waals surface area contributed by atoms with Gasteiger partial charge in [0, 0.05) is 29.6 Å². The third-order valence-electron chi connectivity index (χ3n) is 2.69. The molecule has 112 valence electrons.